The molecule has 2 aromatic carbocycles. The van der Waals surface area contributed by atoms with Crippen LogP contribution in [-0.4, -0.2) is 42.4 Å². The van der Waals surface area contributed by atoms with Crippen molar-refractivity contribution >= 4 is 92.5 Å². The van der Waals surface area contributed by atoms with Gasteiger partial charge in [0.15, 0.2) is 17.1 Å². The molecule has 0 radical (unpaired) electrons. The fourth-order valence-electron chi connectivity index (χ4n) is 4.52. The molecule has 42 heavy (non-hydrogen) atoms. The fraction of sp³-hybridized carbons (Fsp3) is 0.250. The van der Waals surface area contributed by atoms with Crippen molar-refractivity contribution in [3.05, 3.63) is 69.7 Å². The average molecular weight is 696 g/mol. The summed E-state index contributed by atoms with van der Waals surface area (Å²) >= 11 is 38.3. The van der Waals surface area contributed by atoms with Crippen molar-refractivity contribution in [3.8, 4) is 28.2 Å². The van der Waals surface area contributed by atoms with E-state index in [-0.39, 0.29) is 64.1 Å². The lowest BCUT2D eigenvalue weighted by Gasteiger charge is -2.21. The molecule has 8 nitrogen and oxygen atoms in total. The summed E-state index contributed by atoms with van der Waals surface area (Å²) in [6, 6.07) is 3.63. The second-order valence-corrected chi connectivity index (χ2v) is 11.5. The van der Waals surface area contributed by atoms with E-state index >= 15 is 0 Å². The average Bonchev–Trinajstić information content (AvgIpc) is 2.94. The second-order valence-electron chi connectivity index (χ2n) is 9.19. The Morgan fingerprint density at radius 3 is 2.24 bits per heavy atom. The van der Waals surface area contributed by atoms with Crippen LogP contribution in [0.25, 0.3) is 33.4 Å². The van der Waals surface area contributed by atoms with E-state index in [4.69, 9.17) is 78.8 Å². The van der Waals surface area contributed by atoms with Gasteiger partial charge in [-0.05, 0) is 31.0 Å². The number of hydrogen-bond donors (Lipinski definition) is 3. The molecule has 222 valence electrons. The molecule has 1 heterocycles. The molecule has 0 spiro atoms. The number of ether oxygens (including phenoxy) is 1. The first-order chi connectivity index (χ1) is 19.9. The number of rotatable bonds is 10. The number of carboxylic acids is 1. The van der Waals surface area contributed by atoms with Crippen LogP contribution in [0.3, 0.4) is 0 Å². The van der Waals surface area contributed by atoms with E-state index in [1.54, 1.807) is 7.11 Å². The molecular formula is C28H21Cl6NO7. The topological polar surface area (TPSA) is 126 Å². The number of aromatic hydroxyl groups is 1. The molecule has 2 aliphatic rings. The van der Waals surface area contributed by atoms with Gasteiger partial charge in [0.25, 0.3) is 5.91 Å². The van der Waals surface area contributed by atoms with Crippen LogP contribution in [0.2, 0.25) is 30.1 Å². The van der Waals surface area contributed by atoms with Gasteiger partial charge in [0, 0.05) is 42.3 Å². The van der Waals surface area contributed by atoms with Crippen LogP contribution in [0.15, 0.2) is 27.4 Å². The number of methoxy groups -OCH3 is 1. The summed E-state index contributed by atoms with van der Waals surface area (Å²) in [6.07, 6.45) is 3.35. The highest BCUT2D eigenvalue weighted by molar-refractivity contribution is 6.44. The lowest BCUT2D eigenvalue weighted by Crippen LogP contribution is -2.25. The van der Waals surface area contributed by atoms with Crippen LogP contribution in [0, 0.1) is 0 Å². The van der Waals surface area contributed by atoms with Crippen molar-refractivity contribution in [1.82, 2.24) is 5.32 Å². The van der Waals surface area contributed by atoms with E-state index in [9.17, 15) is 24.6 Å². The number of aromatic carboxylic acids is 1. The number of hydrogen-bond acceptors (Lipinski definition) is 6. The van der Waals surface area contributed by atoms with Crippen molar-refractivity contribution in [2.75, 3.05) is 20.3 Å². The zero-order chi connectivity index (χ0) is 30.9. The number of carbonyl (C=O) groups excluding carboxylic acids is 1. The molecule has 4 rings (SSSR count). The Bertz CT molecular complexity index is 1750. The number of unbranched alkanes of at least 4 members (excludes halogenated alkanes) is 3. The van der Waals surface area contributed by atoms with Crippen LogP contribution in [0.5, 0.6) is 5.75 Å². The Labute approximate surface area is 269 Å². The Morgan fingerprint density at radius 2 is 1.57 bits per heavy atom. The first kappa shape index (κ1) is 32.5. The summed E-state index contributed by atoms with van der Waals surface area (Å²) in [7, 11) is 1.63. The van der Waals surface area contributed by atoms with Crippen molar-refractivity contribution in [2.45, 2.75) is 25.7 Å². The largest absolute Gasteiger partial charge is 0.505 e. The number of fused-ring (bicyclic) bond motifs is 2. The van der Waals surface area contributed by atoms with E-state index in [0.717, 1.165) is 25.3 Å². The molecule has 14 heteroatoms. The van der Waals surface area contributed by atoms with Crippen LogP contribution in [-0.2, 0) is 4.74 Å². The lowest BCUT2D eigenvalue weighted by molar-refractivity contribution is 0.0697. The zero-order valence-corrected chi connectivity index (χ0v) is 26.2. The molecule has 1 amide bonds. The quantitative estimate of drug-likeness (QED) is 0.112. The Hall–Kier alpha value is -2.43. The molecule has 0 aromatic heterocycles. The van der Waals surface area contributed by atoms with E-state index in [2.05, 4.69) is 5.32 Å². The standard InChI is InChI=1S/C28H21Cl6NO7/c1-41-7-5-3-2-4-6-35-27(38)13-10-14(29)18(28(39)40)19(20(13)32)17-11-8-15(30)23(36)21(33)25(11)42-26-12(17)9-16(31)24(37)22(26)34/h8-10,36H,2-7H2,1H3,(H,35,38)(H,39,40). The minimum Gasteiger partial charge on any atom is -0.505 e. The molecule has 3 N–H and O–H groups in total. The molecule has 0 atom stereocenters. The maximum atomic E-state index is 13.3. The number of nitrogens with one attached hydrogen (secondary N) is 1. The molecule has 0 saturated carbocycles. The summed E-state index contributed by atoms with van der Waals surface area (Å²) in [5, 5.41) is 21.5. The number of halogens is 6. The Balaban J connectivity index is 1.99. The predicted octanol–water partition coefficient (Wildman–Crippen LogP) is 8.83. The molecule has 0 unspecified atom stereocenters. The van der Waals surface area contributed by atoms with Gasteiger partial charge in [-0.1, -0.05) is 82.4 Å². The first-order valence-electron chi connectivity index (χ1n) is 12.4. The number of benzene rings is 3. The summed E-state index contributed by atoms with van der Waals surface area (Å²) in [5.74, 6) is -2.84. The first-order valence-corrected chi connectivity index (χ1v) is 14.7. The third kappa shape index (κ3) is 6.13. The SMILES string of the molecule is COCCCCCCNC(=O)c1cc(Cl)c(C(=O)O)c(-c2c3cc(Cl)c(=O)c(Cl)c-3oc3c(Cl)c(O)c(Cl)cc23)c1Cl. The maximum Gasteiger partial charge on any atom is 0.337 e. The van der Waals surface area contributed by atoms with Crippen molar-refractivity contribution in [2.24, 2.45) is 0 Å². The molecule has 0 saturated heterocycles. The van der Waals surface area contributed by atoms with Gasteiger partial charge in [-0.2, -0.15) is 0 Å². The number of phenols is 1. The number of carbonyl (C=O) groups is 2. The number of phenolic OH excluding ortho intramolecular Hbond substituents is 1. The van der Waals surface area contributed by atoms with Gasteiger partial charge in [-0.15, -0.1) is 0 Å². The van der Waals surface area contributed by atoms with Crippen LogP contribution in [0.4, 0.5) is 0 Å². The van der Waals surface area contributed by atoms with Crippen molar-refractivity contribution < 1.29 is 29.0 Å². The minimum atomic E-state index is -1.48. The lowest BCUT2D eigenvalue weighted by atomic mass is 9.89. The van der Waals surface area contributed by atoms with Gasteiger partial charge < -0.3 is 24.7 Å². The highest BCUT2D eigenvalue weighted by Crippen LogP contribution is 2.51. The van der Waals surface area contributed by atoms with E-state index < -0.39 is 33.6 Å². The van der Waals surface area contributed by atoms with Crippen molar-refractivity contribution in [3.63, 3.8) is 0 Å². The Morgan fingerprint density at radius 1 is 0.881 bits per heavy atom. The van der Waals surface area contributed by atoms with Crippen molar-refractivity contribution in [1.29, 1.82) is 0 Å². The molecule has 0 bridgehead atoms. The molecule has 1 aliphatic heterocycles. The van der Waals surface area contributed by atoms with Crippen LogP contribution < -0.4 is 10.7 Å². The fourth-order valence-corrected chi connectivity index (χ4v) is 6.12. The molecule has 2 aromatic rings. The third-order valence-corrected chi connectivity index (χ3v) is 8.46. The van der Waals surface area contributed by atoms with Gasteiger partial charge in [0.05, 0.1) is 31.2 Å². The molecule has 1 aliphatic carbocycles. The second kappa shape index (κ2) is 13.5. The molecule has 0 fully saturated rings. The van der Waals surface area contributed by atoms with Gasteiger partial charge in [0.1, 0.15) is 10.0 Å². The van der Waals surface area contributed by atoms with E-state index in [1.807, 2.05) is 0 Å². The highest BCUT2D eigenvalue weighted by Gasteiger charge is 2.32. The monoisotopic (exact) mass is 693 g/mol. The highest BCUT2D eigenvalue weighted by atomic mass is 35.5. The predicted molar refractivity (Wildman–Crippen MR) is 166 cm³/mol. The molecular weight excluding hydrogens is 675 g/mol. The Kier molecular flexibility index (Phi) is 10.4. The zero-order valence-electron chi connectivity index (χ0n) is 21.7. The van der Waals surface area contributed by atoms with Gasteiger partial charge in [-0.3, -0.25) is 9.59 Å². The van der Waals surface area contributed by atoms with Crippen LogP contribution >= 0.6 is 69.6 Å². The van der Waals surface area contributed by atoms with Gasteiger partial charge in [0.2, 0.25) is 5.43 Å². The number of amides is 1. The van der Waals surface area contributed by atoms with Crippen LogP contribution in [0.1, 0.15) is 46.4 Å². The number of carboxylic acid groups (broad SMARTS) is 1. The summed E-state index contributed by atoms with van der Waals surface area (Å²) in [4.78, 5) is 38.4. The normalized spacial score (nSPS) is 11.4. The minimum absolute atomic E-state index is 0.00376. The third-order valence-electron chi connectivity index (χ3n) is 6.51. The summed E-state index contributed by atoms with van der Waals surface area (Å²) in [5.41, 5.74) is -1.72. The summed E-state index contributed by atoms with van der Waals surface area (Å²) in [6.45, 7) is 0.978. The smallest absolute Gasteiger partial charge is 0.337 e. The van der Waals surface area contributed by atoms with E-state index in [0.29, 0.717) is 19.6 Å². The van der Waals surface area contributed by atoms with E-state index in [1.165, 1.54) is 12.1 Å². The van der Waals surface area contributed by atoms with Gasteiger partial charge in [-0.25, -0.2) is 4.79 Å². The maximum absolute atomic E-state index is 13.3. The summed E-state index contributed by atoms with van der Waals surface area (Å²) < 4.78 is 10.9. The van der Waals surface area contributed by atoms with Gasteiger partial charge >= 0.3 is 5.97 Å².